The Morgan fingerprint density at radius 3 is 2.65 bits per heavy atom. The van der Waals surface area contributed by atoms with Crippen LogP contribution in [0.5, 0.6) is 0 Å². The summed E-state index contributed by atoms with van der Waals surface area (Å²) in [5.41, 5.74) is 0. The Hall–Kier alpha value is -1.24. The molecule has 0 aromatic carbocycles. The monoisotopic (exact) mass is 293 g/mol. The smallest absolute Gasteiger partial charge is 0.372 e. The summed E-state index contributed by atoms with van der Waals surface area (Å²) in [5.74, 6) is 0.706. The zero-order valence-corrected chi connectivity index (χ0v) is 11.7. The lowest BCUT2D eigenvalue weighted by atomic mass is 10.2. The van der Waals surface area contributed by atoms with Crippen molar-refractivity contribution in [1.29, 1.82) is 0 Å². The second-order valence-electron chi connectivity index (χ2n) is 4.57. The average molecular weight is 293 g/mol. The molecule has 0 unspecified atom stereocenters. The van der Waals surface area contributed by atoms with Gasteiger partial charge in [-0.25, -0.2) is 0 Å². The first-order chi connectivity index (χ1) is 9.51. The number of hydrogen-bond acceptors (Lipinski definition) is 2. The van der Waals surface area contributed by atoms with Crippen LogP contribution in [0.4, 0.5) is 13.2 Å². The maximum Gasteiger partial charge on any atom is 0.411 e. The van der Waals surface area contributed by atoms with Gasteiger partial charge in [-0.1, -0.05) is 12.2 Å². The van der Waals surface area contributed by atoms with Crippen LogP contribution in [0.1, 0.15) is 26.2 Å². The highest BCUT2D eigenvalue weighted by Gasteiger charge is 2.27. The zero-order chi connectivity index (χ0) is 14.8. The van der Waals surface area contributed by atoms with Crippen LogP contribution in [-0.4, -0.2) is 44.5 Å². The summed E-state index contributed by atoms with van der Waals surface area (Å²) in [6.45, 7) is 2.02. The minimum Gasteiger partial charge on any atom is -0.372 e. The van der Waals surface area contributed by atoms with E-state index in [4.69, 9.17) is 0 Å². The molecule has 1 aliphatic carbocycles. The summed E-state index contributed by atoms with van der Waals surface area (Å²) in [6, 6.07) is 0.356. The molecular weight excluding hydrogens is 271 g/mol. The summed E-state index contributed by atoms with van der Waals surface area (Å²) >= 11 is 0. The van der Waals surface area contributed by atoms with Crippen molar-refractivity contribution in [2.75, 3.05) is 26.3 Å². The van der Waals surface area contributed by atoms with Gasteiger partial charge < -0.3 is 15.4 Å². The van der Waals surface area contributed by atoms with E-state index in [0.717, 1.165) is 19.4 Å². The molecule has 0 radical (unpaired) electrons. The van der Waals surface area contributed by atoms with Crippen molar-refractivity contribution in [3.8, 4) is 0 Å². The number of nitrogens with one attached hydrogen (secondary N) is 2. The Labute approximate surface area is 117 Å². The van der Waals surface area contributed by atoms with Crippen LogP contribution >= 0.6 is 0 Å². The van der Waals surface area contributed by atoms with Gasteiger partial charge in [-0.15, -0.1) is 0 Å². The molecule has 0 aromatic heterocycles. The van der Waals surface area contributed by atoms with Gasteiger partial charge in [0.25, 0.3) is 0 Å². The molecule has 0 atom stereocenters. The quantitative estimate of drug-likeness (QED) is 0.327. The first-order valence-corrected chi connectivity index (χ1v) is 6.85. The molecule has 0 fully saturated rings. The first-order valence-electron chi connectivity index (χ1n) is 6.85. The maximum atomic E-state index is 11.8. The summed E-state index contributed by atoms with van der Waals surface area (Å²) in [6.07, 6.45) is 2.39. The van der Waals surface area contributed by atoms with E-state index >= 15 is 0 Å². The number of nitrogens with zero attached hydrogens (tertiary/aromatic N) is 1. The Kier molecular flexibility index (Phi) is 7.43. The molecular formula is C13H22F3N3O. The van der Waals surface area contributed by atoms with E-state index < -0.39 is 12.8 Å². The van der Waals surface area contributed by atoms with Gasteiger partial charge >= 0.3 is 6.18 Å². The molecule has 0 spiro atoms. The van der Waals surface area contributed by atoms with Gasteiger partial charge in [0.1, 0.15) is 6.61 Å². The molecule has 0 aromatic rings. The summed E-state index contributed by atoms with van der Waals surface area (Å²) < 4.78 is 40.1. The molecule has 1 rings (SSSR count). The molecule has 0 amide bonds. The molecule has 7 heteroatoms. The number of aliphatic imine (C=N–C) groups is 1. The van der Waals surface area contributed by atoms with Gasteiger partial charge in [0.05, 0.1) is 0 Å². The predicted octanol–water partition coefficient (Wildman–Crippen LogP) is 2.23. The Balaban J connectivity index is 2.18. The van der Waals surface area contributed by atoms with Gasteiger partial charge in [-0.05, 0) is 26.2 Å². The van der Waals surface area contributed by atoms with Crippen molar-refractivity contribution < 1.29 is 17.9 Å². The molecule has 0 saturated heterocycles. The van der Waals surface area contributed by atoms with E-state index in [9.17, 15) is 13.2 Å². The standard InChI is InChI=1S/C13H22F3N3O/c1-2-17-12(19-11-6-3-4-7-11)18-8-5-9-20-10-13(14,15)16/h3-4,11H,2,5-10H2,1H3,(H2,17,18,19). The highest BCUT2D eigenvalue weighted by molar-refractivity contribution is 5.80. The minimum atomic E-state index is -4.25. The van der Waals surface area contributed by atoms with Crippen molar-refractivity contribution in [1.82, 2.24) is 10.6 Å². The van der Waals surface area contributed by atoms with Crippen molar-refractivity contribution in [2.45, 2.75) is 38.4 Å². The van der Waals surface area contributed by atoms with E-state index in [1.54, 1.807) is 0 Å². The Morgan fingerprint density at radius 2 is 2.05 bits per heavy atom. The number of alkyl halides is 3. The highest BCUT2D eigenvalue weighted by Crippen LogP contribution is 2.14. The van der Waals surface area contributed by atoms with Crippen LogP contribution in [0.3, 0.4) is 0 Å². The lowest BCUT2D eigenvalue weighted by Gasteiger charge is -2.16. The Morgan fingerprint density at radius 1 is 1.35 bits per heavy atom. The number of rotatable bonds is 7. The number of hydrogen-bond donors (Lipinski definition) is 2. The number of ether oxygens (including phenoxy) is 1. The van der Waals surface area contributed by atoms with Crippen LogP contribution in [0.2, 0.25) is 0 Å². The molecule has 0 heterocycles. The second-order valence-corrected chi connectivity index (χ2v) is 4.57. The van der Waals surface area contributed by atoms with E-state index in [-0.39, 0.29) is 6.61 Å². The maximum absolute atomic E-state index is 11.8. The van der Waals surface area contributed by atoms with Crippen LogP contribution in [0.25, 0.3) is 0 Å². The number of halogens is 3. The molecule has 20 heavy (non-hydrogen) atoms. The lowest BCUT2D eigenvalue weighted by Crippen LogP contribution is -2.42. The van der Waals surface area contributed by atoms with Gasteiger partial charge in [-0.2, -0.15) is 13.2 Å². The topological polar surface area (TPSA) is 45.7 Å². The van der Waals surface area contributed by atoms with Crippen LogP contribution < -0.4 is 10.6 Å². The second kappa shape index (κ2) is 8.84. The van der Waals surface area contributed by atoms with Gasteiger partial charge in [0.15, 0.2) is 5.96 Å². The zero-order valence-electron chi connectivity index (χ0n) is 11.7. The normalized spacial score (nSPS) is 16.7. The molecule has 1 aliphatic rings. The summed E-state index contributed by atoms with van der Waals surface area (Å²) in [7, 11) is 0. The molecule has 0 bridgehead atoms. The van der Waals surface area contributed by atoms with E-state index in [2.05, 4.69) is 32.5 Å². The van der Waals surface area contributed by atoms with Crippen molar-refractivity contribution in [3.05, 3.63) is 12.2 Å². The van der Waals surface area contributed by atoms with Crippen LogP contribution in [-0.2, 0) is 4.74 Å². The van der Waals surface area contributed by atoms with Gasteiger partial charge in [0, 0.05) is 25.7 Å². The van der Waals surface area contributed by atoms with Crippen molar-refractivity contribution >= 4 is 5.96 Å². The molecule has 116 valence electrons. The summed E-state index contributed by atoms with van der Waals surface area (Å²) in [4.78, 5) is 4.32. The van der Waals surface area contributed by atoms with Crippen LogP contribution in [0, 0.1) is 0 Å². The van der Waals surface area contributed by atoms with Crippen molar-refractivity contribution in [3.63, 3.8) is 0 Å². The van der Waals surface area contributed by atoms with Crippen LogP contribution in [0.15, 0.2) is 17.1 Å². The molecule has 2 N–H and O–H groups in total. The highest BCUT2D eigenvalue weighted by atomic mass is 19.4. The lowest BCUT2D eigenvalue weighted by molar-refractivity contribution is -0.173. The molecule has 0 aliphatic heterocycles. The number of guanidine groups is 1. The van der Waals surface area contributed by atoms with Crippen molar-refractivity contribution in [2.24, 2.45) is 4.99 Å². The summed E-state index contributed by atoms with van der Waals surface area (Å²) in [5, 5.41) is 6.40. The third kappa shape index (κ3) is 8.04. The fraction of sp³-hybridized carbons (Fsp3) is 0.769. The fourth-order valence-electron chi connectivity index (χ4n) is 1.79. The van der Waals surface area contributed by atoms with Gasteiger partial charge in [-0.3, -0.25) is 4.99 Å². The van der Waals surface area contributed by atoms with E-state index in [1.807, 2.05) is 6.92 Å². The minimum absolute atomic E-state index is 0.0629. The molecule has 0 saturated carbocycles. The third-order valence-electron chi connectivity index (χ3n) is 2.68. The first kappa shape index (κ1) is 16.8. The van der Waals surface area contributed by atoms with E-state index in [1.165, 1.54) is 0 Å². The molecule has 4 nitrogen and oxygen atoms in total. The third-order valence-corrected chi connectivity index (χ3v) is 2.68. The van der Waals surface area contributed by atoms with E-state index in [0.29, 0.717) is 25.0 Å². The largest absolute Gasteiger partial charge is 0.411 e. The van der Waals surface area contributed by atoms with Gasteiger partial charge in [0.2, 0.25) is 0 Å². The fourth-order valence-corrected chi connectivity index (χ4v) is 1.79. The Bertz CT molecular complexity index is 321. The SMILES string of the molecule is CCNC(=NCCCOCC(F)(F)F)NC1CC=CC1. The predicted molar refractivity (Wildman–Crippen MR) is 72.8 cm³/mol. The average Bonchev–Trinajstić information content (AvgIpc) is 2.85.